The van der Waals surface area contributed by atoms with E-state index in [0.717, 1.165) is 36.7 Å². The van der Waals surface area contributed by atoms with Gasteiger partial charge in [0.15, 0.2) is 0 Å². The van der Waals surface area contributed by atoms with Crippen LogP contribution in [0.1, 0.15) is 48.0 Å². The van der Waals surface area contributed by atoms with E-state index >= 15 is 0 Å². The number of benzene rings is 3. The lowest BCUT2D eigenvalue weighted by molar-refractivity contribution is -0.139. The maximum atomic E-state index is 13.8. The second kappa shape index (κ2) is 12.7. The molecule has 0 saturated heterocycles. The Bertz CT molecular complexity index is 1680. The summed E-state index contributed by atoms with van der Waals surface area (Å²) in [5, 5.41) is 44.0. The van der Waals surface area contributed by atoms with Crippen molar-refractivity contribution in [2.75, 3.05) is 0 Å². The van der Waals surface area contributed by atoms with Crippen molar-refractivity contribution in [2.24, 2.45) is 0 Å². The Labute approximate surface area is 247 Å². The number of carbonyl (C=O) groups excluding carboxylic acids is 1. The lowest BCUT2D eigenvalue weighted by atomic mass is 9.98. The number of rotatable bonds is 9. The van der Waals surface area contributed by atoms with Crippen molar-refractivity contribution in [3.8, 4) is 39.9 Å². The van der Waals surface area contributed by atoms with Gasteiger partial charge in [-0.15, -0.1) is 0 Å². The summed E-state index contributed by atoms with van der Waals surface area (Å²) in [5.41, 5.74) is -0.126. The fourth-order valence-corrected chi connectivity index (χ4v) is 5.26. The van der Waals surface area contributed by atoms with Crippen LogP contribution in [-0.2, 0) is 11.2 Å². The van der Waals surface area contributed by atoms with E-state index in [2.05, 4.69) is 5.32 Å². The first-order valence-corrected chi connectivity index (χ1v) is 14.1. The molecule has 1 heterocycles. The molecule has 0 unspecified atom stereocenters. The van der Waals surface area contributed by atoms with Crippen LogP contribution in [0.3, 0.4) is 0 Å². The number of aromatic nitrogens is 1. The van der Waals surface area contributed by atoms with Crippen molar-refractivity contribution in [1.82, 2.24) is 9.88 Å². The molecule has 3 aromatic carbocycles. The van der Waals surface area contributed by atoms with E-state index in [1.165, 1.54) is 42.5 Å². The molecule has 0 radical (unpaired) electrons. The molecule has 1 aromatic heterocycles. The van der Waals surface area contributed by atoms with Crippen molar-refractivity contribution in [3.63, 3.8) is 0 Å². The Balaban J connectivity index is 1.57. The number of nitrogens with one attached hydrogen (secondary N) is 1. The molecule has 10 nitrogen and oxygen atoms in total. The second-order valence-electron chi connectivity index (χ2n) is 10.6. The number of carboxylic acids is 1. The summed E-state index contributed by atoms with van der Waals surface area (Å²) in [4.78, 5) is 39.4. The van der Waals surface area contributed by atoms with Crippen LogP contribution in [0.5, 0.6) is 23.1 Å². The van der Waals surface area contributed by atoms with Crippen molar-refractivity contribution in [2.45, 2.75) is 50.7 Å². The highest BCUT2D eigenvalue weighted by Gasteiger charge is 2.27. The highest BCUT2D eigenvalue weighted by molar-refractivity contribution is 5.99. The molecule has 1 aliphatic rings. The lowest BCUT2D eigenvalue weighted by Crippen LogP contribution is -2.42. The summed E-state index contributed by atoms with van der Waals surface area (Å²) in [6.07, 6.45) is 4.85. The quantitative estimate of drug-likeness (QED) is 0.188. The van der Waals surface area contributed by atoms with Crippen molar-refractivity contribution >= 4 is 11.9 Å². The number of carboxylic acid groups (broad SMARTS) is 1. The van der Waals surface area contributed by atoms with Gasteiger partial charge in [-0.25, -0.2) is 9.36 Å². The summed E-state index contributed by atoms with van der Waals surface area (Å²) in [6, 6.07) is 18.6. The summed E-state index contributed by atoms with van der Waals surface area (Å²) in [6.45, 7) is 0. The molecule has 4 aromatic rings. The van der Waals surface area contributed by atoms with Gasteiger partial charge in [-0.1, -0.05) is 48.9 Å². The zero-order chi connectivity index (χ0) is 30.5. The van der Waals surface area contributed by atoms with Gasteiger partial charge in [-0.05, 0) is 67.1 Å². The number of phenolic OH excluding ortho intramolecular Hbond substituents is 2. The van der Waals surface area contributed by atoms with E-state index in [1.54, 1.807) is 36.4 Å². The SMILES string of the molecule is O=C(N[C@@H](Cc1ccc(O)cc1)C(=O)O)c1cc(-c2ccccc2)c(=O)n(-c2cc(OC3CCCCC3)ccc2O)c1O. The Hall–Kier alpha value is -5.25. The Morgan fingerprint density at radius 2 is 1.60 bits per heavy atom. The number of aliphatic carboxylic acids is 1. The molecule has 222 valence electrons. The van der Waals surface area contributed by atoms with E-state index in [-0.39, 0.29) is 40.8 Å². The van der Waals surface area contributed by atoms with Gasteiger partial charge >= 0.3 is 5.97 Å². The first kappa shape index (κ1) is 29.2. The maximum Gasteiger partial charge on any atom is 0.326 e. The molecule has 10 heteroatoms. The third-order valence-corrected chi connectivity index (χ3v) is 7.53. The molecular formula is C33H32N2O8. The van der Waals surface area contributed by atoms with Gasteiger partial charge in [-0.3, -0.25) is 9.59 Å². The topological polar surface area (TPSA) is 158 Å². The zero-order valence-electron chi connectivity index (χ0n) is 23.3. The lowest BCUT2D eigenvalue weighted by Gasteiger charge is -2.23. The molecule has 5 N–H and O–H groups in total. The summed E-state index contributed by atoms with van der Waals surface area (Å²) < 4.78 is 6.95. The van der Waals surface area contributed by atoms with Crippen LogP contribution in [0, 0.1) is 0 Å². The molecule has 1 atom stereocenters. The van der Waals surface area contributed by atoms with Crippen molar-refractivity contribution < 1.29 is 34.8 Å². The minimum atomic E-state index is -1.39. The van der Waals surface area contributed by atoms with Crippen molar-refractivity contribution in [1.29, 1.82) is 0 Å². The summed E-state index contributed by atoms with van der Waals surface area (Å²) >= 11 is 0. The van der Waals surface area contributed by atoms with Crippen LogP contribution in [0.2, 0.25) is 0 Å². The van der Waals surface area contributed by atoms with E-state index in [1.807, 2.05) is 0 Å². The predicted molar refractivity (Wildman–Crippen MR) is 159 cm³/mol. The first-order chi connectivity index (χ1) is 20.7. The minimum absolute atomic E-state index is 0.0109. The number of phenols is 2. The Kier molecular flexibility index (Phi) is 8.66. The molecule has 0 aliphatic heterocycles. The number of hydrogen-bond acceptors (Lipinski definition) is 7. The van der Waals surface area contributed by atoms with Gasteiger partial charge < -0.3 is 30.5 Å². The van der Waals surface area contributed by atoms with Crippen LogP contribution in [0.15, 0.2) is 83.7 Å². The van der Waals surface area contributed by atoms with E-state index < -0.39 is 29.4 Å². The predicted octanol–water partition coefficient (Wildman–Crippen LogP) is 4.76. The fraction of sp³-hybridized carbons (Fsp3) is 0.242. The third-order valence-electron chi connectivity index (χ3n) is 7.53. The molecule has 1 saturated carbocycles. The maximum absolute atomic E-state index is 13.8. The highest BCUT2D eigenvalue weighted by Crippen LogP contribution is 2.33. The molecule has 1 aliphatic carbocycles. The molecule has 1 fully saturated rings. The molecule has 0 bridgehead atoms. The number of pyridine rings is 1. The van der Waals surface area contributed by atoms with Gasteiger partial charge in [0.25, 0.3) is 11.5 Å². The molecule has 1 amide bonds. The molecule has 43 heavy (non-hydrogen) atoms. The minimum Gasteiger partial charge on any atom is -0.508 e. The van der Waals surface area contributed by atoms with Gasteiger partial charge in [0, 0.05) is 18.1 Å². The number of amides is 1. The van der Waals surface area contributed by atoms with Gasteiger partial charge in [-0.2, -0.15) is 0 Å². The monoisotopic (exact) mass is 584 g/mol. The number of aromatic hydroxyl groups is 3. The van der Waals surface area contributed by atoms with E-state index in [0.29, 0.717) is 16.9 Å². The third kappa shape index (κ3) is 6.64. The van der Waals surface area contributed by atoms with Gasteiger partial charge in [0.1, 0.15) is 28.9 Å². The highest BCUT2D eigenvalue weighted by atomic mass is 16.5. The van der Waals surface area contributed by atoms with Gasteiger partial charge in [0.2, 0.25) is 5.88 Å². The normalized spacial score (nSPS) is 14.1. The van der Waals surface area contributed by atoms with Crippen molar-refractivity contribution in [3.05, 3.63) is 100 Å². The number of ether oxygens (including phenoxy) is 1. The second-order valence-corrected chi connectivity index (χ2v) is 10.6. The van der Waals surface area contributed by atoms with E-state index in [4.69, 9.17) is 4.74 Å². The van der Waals surface area contributed by atoms with Crippen LogP contribution in [-0.4, -0.2) is 49.0 Å². The Morgan fingerprint density at radius 1 is 0.907 bits per heavy atom. The standard InChI is InChI=1S/C33H32N2O8/c36-22-13-11-20(12-14-22)17-27(33(41)42)34-30(38)26-19-25(21-7-3-1-4-8-21)31(39)35(32(26)40)28-18-24(15-16-29(28)37)43-23-9-5-2-6-10-23/h1,3-4,7-8,11-16,18-19,23,27,36-37,40H,2,5-6,9-10,17H2,(H,34,38)(H,41,42)/t27-/m0/s1. The van der Waals surface area contributed by atoms with Crippen LogP contribution in [0.4, 0.5) is 0 Å². The summed E-state index contributed by atoms with van der Waals surface area (Å²) in [5.74, 6) is -2.97. The largest absolute Gasteiger partial charge is 0.508 e. The first-order valence-electron chi connectivity index (χ1n) is 14.1. The van der Waals surface area contributed by atoms with Crippen LogP contribution < -0.4 is 15.6 Å². The molecular weight excluding hydrogens is 552 g/mol. The number of nitrogens with zero attached hydrogens (tertiary/aromatic N) is 1. The zero-order valence-corrected chi connectivity index (χ0v) is 23.3. The number of hydrogen-bond donors (Lipinski definition) is 5. The summed E-state index contributed by atoms with van der Waals surface area (Å²) in [7, 11) is 0. The smallest absolute Gasteiger partial charge is 0.326 e. The molecule has 0 spiro atoms. The van der Waals surface area contributed by atoms with Crippen LogP contribution >= 0.6 is 0 Å². The Morgan fingerprint density at radius 3 is 2.28 bits per heavy atom. The fourth-order valence-electron chi connectivity index (χ4n) is 5.26. The van der Waals surface area contributed by atoms with E-state index in [9.17, 15) is 34.8 Å². The van der Waals surface area contributed by atoms with Gasteiger partial charge in [0.05, 0.1) is 11.8 Å². The molecule has 5 rings (SSSR count). The number of carbonyl (C=O) groups is 2. The van der Waals surface area contributed by atoms with Crippen LogP contribution in [0.25, 0.3) is 16.8 Å². The average Bonchev–Trinajstić information content (AvgIpc) is 3.00. The average molecular weight is 585 g/mol.